The van der Waals surface area contributed by atoms with Crippen LogP contribution in [-0.4, -0.2) is 29.1 Å². The van der Waals surface area contributed by atoms with Crippen molar-refractivity contribution in [3.05, 3.63) is 35.9 Å². The Hall–Kier alpha value is -1.88. The number of carboxylic acid groups (broad SMARTS) is 1. The summed E-state index contributed by atoms with van der Waals surface area (Å²) in [5.41, 5.74) is 6.86. The molecule has 1 saturated carbocycles. The fourth-order valence-corrected chi connectivity index (χ4v) is 2.81. The largest absolute Gasteiger partial charge is 0.480 e. The van der Waals surface area contributed by atoms with E-state index in [4.69, 9.17) is 5.73 Å². The molecule has 1 aliphatic carbocycles. The molecule has 114 valence electrons. The predicted molar refractivity (Wildman–Crippen MR) is 79.6 cm³/mol. The second-order valence-electron chi connectivity index (χ2n) is 5.64. The first-order valence-corrected chi connectivity index (χ1v) is 7.40. The van der Waals surface area contributed by atoms with Crippen LogP contribution in [0.3, 0.4) is 0 Å². The molecule has 5 heteroatoms. The standard InChI is InChI=1S/C16H22N2O3/c17-13-9-5-4-8-12(13)15(19)18-14(16(20)21)10-11-6-2-1-3-7-11/h1-3,6-7,12-14H,4-5,8-10,17H2,(H,18,19)(H,20,21)/t12-,13+,14?/m1/s1. The topological polar surface area (TPSA) is 92.4 Å². The molecule has 0 aliphatic heterocycles. The molecule has 4 N–H and O–H groups in total. The Kier molecular flexibility index (Phi) is 5.33. The van der Waals surface area contributed by atoms with Crippen LogP contribution in [0.5, 0.6) is 0 Å². The van der Waals surface area contributed by atoms with Gasteiger partial charge in [0.1, 0.15) is 6.04 Å². The van der Waals surface area contributed by atoms with Crippen molar-refractivity contribution in [3.63, 3.8) is 0 Å². The van der Waals surface area contributed by atoms with E-state index >= 15 is 0 Å². The van der Waals surface area contributed by atoms with Gasteiger partial charge in [0.2, 0.25) is 5.91 Å². The first-order valence-electron chi connectivity index (χ1n) is 7.40. The number of aliphatic carboxylic acids is 1. The second-order valence-corrected chi connectivity index (χ2v) is 5.64. The number of nitrogens with one attached hydrogen (secondary N) is 1. The highest BCUT2D eigenvalue weighted by atomic mass is 16.4. The van der Waals surface area contributed by atoms with Gasteiger partial charge in [-0.2, -0.15) is 0 Å². The van der Waals surface area contributed by atoms with Crippen molar-refractivity contribution in [2.45, 2.75) is 44.2 Å². The third kappa shape index (κ3) is 4.29. The molecule has 1 aromatic carbocycles. The van der Waals surface area contributed by atoms with Gasteiger partial charge in [-0.25, -0.2) is 4.79 Å². The fourth-order valence-electron chi connectivity index (χ4n) is 2.81. The second kappa shape index (κ2) is 7.22. The molecule has 3 atom stereocenters. The van der Waals surface area contributed by atoms with Crippen LogP contribution in [0.15, 0.2) is 30.3 Å². The van der Waals surface area contributed by atoms with Gasteiger partial charge in [0.05, 0.1) is 5.92 Å². The Morgan fingerprint density at radius 2 is 1.90 bits per heavy atom. The van der Waals surface area contributed by atoms with Crippen LogP contribution in [0.2, 0.25) is 0 Å². The van der Waals surface area contributed by atoms with E-state index in [9.17, 15) is 14.7 Å². The van der Waals surface area contributed by atoms with Gasteiger partial charge in [0, 0.05) is 12.5 Å². The summed E-state index contributed by atoms with van der Waals surface area (Å²) in [6, 6.07) is 8.22. The maximum atomic E-state index is 12.3. The third-order valence-corrected chi connectivity index (χ3v) is 4.05. The van der Waals surface area contributed by atoms with E-state index in [1.807, 2.05) is 30.3 Å². The summed E-state index contributed by atoms with van der Waals surface area (Å²) >= 11 is 0. The van der Waals surface area contributed by atoms with Gasteiger partial charge in [0.25, 0.3) is 0 Å². The third-order valence-electron chi connectivity index (χ3n) is 4.05. The van der Waals surface area contributed by atoms with Crippen molar-refractivity contribution >= 4 is 11.9 Å². The molecule has 1 fully saturated rings. The zero-order valence-corrected chi connectivity index (χ0v) is 12.0. The molecule has 1 unspecified atom stereocenters. The summed E-state index contributed by atoms with van der Waals surface area (Å²) in [6.45, 7) is 0. The number of carbonyl (C=O) groups excluding carboxylic acids is 1. The maximum Gasteiger partial charge on any atom is 0.326 e. The quantitative estimate of drug-likeness (QED) is 0.762. The summed E-state index contributed by atoms with van der Waals surface area (Å²) in [5, 5.41) is 11.9. The van der Waals surface area contributed by atoms with E-state index in [-0.39, 0.29) is 24.3 Å². The molecule has 0 aromatic heterocycles. The lowest BCUT2D eigenvalue weighted by atomic mass is 9.84. The zero-order valence-electron chi connectivity index (χ0n) is 12.0. The van der Waals surface area contributed by atoms with Gasteiger partial charge in [-0.15, -0.1) is 0 Å². The van der Waals surface area contributed by atoms with Gasteiger partial charge < -0.3 is 16.2 Å². The van der Waals surface area contributed by atoms with Gasteiger partial charge >= 0.3 is 5.97 Å². The van der Waals surface area contributed by atoms with E-state index in [1.165, 1.54) is 0 Å². The van der Waals surface area contributed by atoms with Crippen LogP contribution in [0.1, 0.15) is 31.2 Å². The van der Waals surface area contributed by atoms with E-state index in [1.54, 1.807) is 0 Å². The Bertz CT molecular complexity index is 490. The summed E-state index contributed by atoms with van der Waals surface area (Å²) in [5.74, 6) is -1.52. The van der Waals surface area contributed by atoms with Crippen molar-refractivity contribution in [2.75, 3.05) is 0 Å². The Balaban J connectivity index is 1.99. The molecule has 1 aromatic rings. The van der Waals surface area contributed by atoms with E-state index < -0.39 is 12.0 Å². The molecular formula is C16H22N2O3. The first-order chi connectivity index (χ1) is 10.1. The highest BCUT2D eigenvalue weighted by Crippen LogP contribution is 2.23. The number of rotatable bonds is 5. The summed E-state index contributed by atoms with van der Waals surface area (Å²) in [4.78, 5) is 23.6. The Labute approximate surface area is 124 Å². The molecule has 1 amide bonds. The van der Waals surface area contributed by atoms with Gasteiger partial charge in [-0.05, 0) is 18.4 Å². The number of hydrogen-bond acceptors (Lipinski definition) is 3. The summed E-state index contributed by atoms with van der Waals surface area (Å²) < 4.78 is 0. The number of benzene rings is 1. The lowest BCUT2D eigenvalue weighted by Crippen LogP contribution is -2.49. The average Bonchev–Trinajstić information content (AvgIpc) is 2.48. The summed E-state index contributed by atoms with van der Waals surface area (Å²) in [7, 11) is 0. The first kappa shape index (κ1) is 15.5. The van der Waals surface area contributed by atoms with E-state index in [0.717, 1.165) is 31.2 Å². The maximum absolute atomic E-state index is 12.3. The van der Waals surface area contributed by atoms with Crippen molar-refractivity contribution in [3.8, 4) is 0 Å². The van der Waals surface area contributed by atoms with Crippen LogP contribution < -0.4 is 11.1 Å². The SMILES string of the molecule is N[C@H]1CCCC[C@H]1C(=O)NC(Cc1ccccc1)C(=O)O. The van der Waals surface area contributed by atoms with Crippen molar-refractivity contribution in [1.82, 2.24) is 5.32 Å². The lowest BCUT2D eigenvalue weighted by molar-refractivity contribution is -0.142. The van der Waals surface area contributed by atoms with Gasteiger partial charge in [-0.1, -0.05) is 43.2 Å². The van der Waals surface area contributed by atoms with Crippen molar-refractivity contribution in [1.29, 1.82) is 0 Å². The number of amides is 1. The highest BCUT2D eigenvalue weighted by Gasteiger charge is 2.31. The molecule has 1 aliphatic rings. The molecule has 0 bridgehead atoms. The minimum absolute atomic E-state index is 0.162. The zero-order chi connectivity index (χ0) is 15.2. The van der Waals surface area contributed by atoms with Gasteiger partial charge in [0.15, 0.2) is 0 Å². The number of hydrogen-bond donors (Lipinski definition) is 3. The van der Waals surface area contributed by atoms with Crippen LogP contribution in [0.25, 0.3) is 0 Å². The molecule has 0 spiro atoms. The van der Waals surface area contributed by atoms with Crippen LogP contribution in [-0.2, 0) is 16.0 Å². The number of carboxylic acids is 1. The van der Waals surface area contributed by atoms with Crippen molar-refractivity contribution in [2.24, 2.45) is 11.7 Å². The van der Waals surface area contributed by atoms with Crippen molar-refractivity contribution < 1.29 is 14.7 Å². The van der Waals surface area contributed by atoms with Gasteiger partial charge in [-0.3, -0.25) is 4.79 Å². The van der Waals surface area contributed by atoms with E-state index in [0.29, 0.717) is 0 Å². The molecule has 0 saturated heterocycles. The minimum atomic E-state index is -1.02. The molecule has 0 heterocycles. The predicted octanol–water partition coefficient (Wildman–Crippen LogP) is 1.32. The Morgan fingerprint density at radius 1 is 1.24 bits per heavy atom. The molecule has 0 radical (unpaired) electrons. The van der Waals surface area contributed by atoms with Crippen LogP contribution in [0, 0.1) is 5.92 Å². The number of carbonyl (C=O) groups is 2. The average molecular weight is 290 g/mol. The van der Waals surface area contributed by atoms with Crippen LogP contribution >= 0.6 is 0 Å². The number of nitrogens with two attached hydrogens (primary N) is 1. The molecule has 2 rings (SSSR count). The highest BCUT2D eigenvalue weighted by molar-refractivity contribution is 5.85. The monoisotopic (exact) mass is 290 g/mol. The minimum Gasteiger partial charge on any atom is -0.480 e. The Morgan fingerprint density at radius 3 is 2.52 bits per heavy atom. The lowest BCUT2D eigenvalue weighted by Gasteiger charge is -2.28. The molecule has 5 nitrogen and oxygen atoms in total. The normalized spacial score (nSPS) is 23.3. The molecular weight excluding hydrogens is 268 g/mol. The summed E-state index contributed by atoms with van der Waals surface area (Å²) in [6.07, 6.45) is 3.86. The van der Waals surface area contributed by atoms with E-state index in [2.05, 4.69) is 5.32 Å². The smallest absolute Gasteiger partial charge is 0.326 e. The van der Waals surface area contributed by atoms with Crippen LogP contribution in [0.4, 0.5) is 0 Å². The fraction of sp³-hybridized carbons (Fsp3) is 0.500. The molecule has 21 heavy (non-hydrogen) atoms.